The van der Waals surface area contributed by atoms with E-state index in [9.17, 15) is 0 Å². The van der Waals surface area contributed by atoms with Gasteiger partial charge < -0.3 is 0 Å². The highest BCUT2D eigenvalue weighted by atomic mass is 15.3. The van der Waals surface area contributed by atoms with E-state index in [0.29, 0.717) is 5.54 Å². The fourth-order valence-corrected chi connectivity index (χ4v) is 3.25. The van der Waals surface area contributed by atoms with Crippen LogP contribution in [0.5, 0.6) is 0 Å². The van der Waals surface area contributed by atoms with E-state index < -0.39 is 0 Å². The van der Waals surface area contributed by atoms with E-state index in [1.165, 1.54) is 26.1 Å². The van der Waals surface area contributed by atoms with Crippen LogP contribution in [0.1, 0.15) is 41.0 Å². The highest BCUT2D eigenvalue weighted by molar-refractivity contribution is 4.96. The van der Waals surface area contributed by atoms with E-state index in [1.54, 1.807) is 0 Å². The molecule has 0 aromatic carbocycles. The first-order valence-electron chi connectivity index (χ1n) is 6.38. The molecule has 0 aromatic rings. The lowest BCUT2D eigenvalue weighted by Gasteiger charge is -2.42. The molecule has 2 heterocycles. The van der Waals surface area contributed by atoms with Crippen molar-refractivity contribution in [2.45, 2.75) is 58.7 Å². The summed E-state index contributed by atoms with van der Waals surface area (Å²) in [4.78, 5) is 5.34. The van der Waals surface area contributed by atoms with Gasteiger partial charge >= 0.3 is 0 Å². The number of nitrogens with zero attached hydrogens (tertiary/aromatic N) is 2. The van der Waals surface area contributed by atoms with Crippen LogP contribution in [0.3, 0.4) is 0 Å². The maximum absolute atomic E-state index is 2.67. The van der Waals surface area contributed by atoms with Gasteiger partial charge in [-0.25, -0.2) is 0 Å². The number of hydrogen-bond acceptors (Lipinski definition) is 2. The Morgan fingerprint density at radius 3 is 2.00 bits per heavy atom. The van der Waals surface area contributed by atoms with Crippen LogP contribution in [0.4, 0.5) is 0 Å². The van der Waals surface area contributed by atoms with Crippen LogP contribution >= 0.6 is 0 Å². The average Bonchev–Trinajstić information content (AvgIpc) is 2.40. The Morgan fingerprint density at radius 1 is 1.00 bits per heavy atom. The Bertz CT molecular complexity index is 225. The molecule has 2 atom stereocenters. The van der Waals surface area contributed by atoms with Crippen LogP contribution in [0.25, 0.3) is 0 Å². The van der Waals surface area contributed by atoms with Crippen molar-refractivity contribution in [3.8, 4) is 0 Å². The summed E-state index contributed by atoms with van der Waals surface area (Å²) < 4.78 is 0. The molecular weight excluding hydrogens is 184 g/mol. The molecule has 0 N–H and O–H groups in total. The minimum atomic E-state index is 0.338. The fourth-order valence-electron chi connectivity index (χ4n) is 3.25. The van der Waals surface area contributed by atoms with Gasteiger partial charge in [0, 0.05) is 37.3 Å². The molecule has 2 unspecified atom stereocenters. The molecule has 88 valence electrons. The second-order valence-electron chi connectivity index (χ2n) is 6.62. The summed E-state index contributed by atoms with van der Waals surface area (Å²) in [7, 11) is 0. The SMILES string of the molecule is CC1CN(C2CC(C)N(C(C)(C)C)C2)C1. The Hall–Kier alpha value is -0.0800. The summed E-state index contributed by atoms with van der Waals surface area (Å²) in [6.07, 6.45) is 1.37. The third kappa shape index (κ3) is 2.21. The number of hydrogen-bond donors (Lipinski definition) is 0. The Morgan fingerprint density at radius 2 is 1.60 bits per heavy atom. The second-order valence-corrected chi connectivity index (χ2v) is 6.62. The molecule has 0 bridgehead atoms. The number of likely N-dealkylation sites (tertiary alicyclic amines) is 2. The number of rotatable bonds is 1. The standard InChI is InChI=1S/C13H26N2/c1-10-7-14(8-10)12-6-11(2)15(9-12)13(3,4)5/h10-12H,6-9H2,1-5H3. The normalized spacial score (nSPS) is 35.8. The topological polar surface area (TPSA) is 6.48 Å². The largest absolute Gasteiger partial charge is 0.298 e. The first-order valence-corrected chi connectivity index (χ1v) is 6.38. The summed E-state index contributed by atoms with van der Waals surface area (Å²) in [5.41, 5.74) is 0.338. The van der Waals surface area contributed by atoms with Gasteiger partial charge in [0.05, 0.1) is 0 Å². The molecule has 2 nitrogen and oxygen atoms in total. The molecule has 2 aliphatic heterocycles. The van der Waals surface area contributed by atoms with E-state index >= 15 is 0 Å². The van der Waals surface area contributed by atoms with Crippen molar-refractivity contribution in [1.29, 1.82) is 0 Å². The summed E-state index contributed by atoms with van der Waals surface area (Å²) in [6.45, 7) is 15.7. The van der Waals surface area contributed by atoms with Crippen molar-refractivity contribution in [3.05, 3.63) is 0 Å². The monoisotopic (exact) mass is 210 g/mol. The molecule has 0 aromatic heterocycles. The first kappa shape index (κ1) is 11.4. The van der Waals surface area contributed by atoms with Crippen molar-refractivity contribution in [3.63, 3.8) is 0 Å². The summed E-state index contributed by atoms with van der Waals surface area (Å²) >= 11 is 0. The lowest BCUT2D eigenvalue weighted by Crippen LogP contribution is -2.52. The zero-order valence-corrected chi connectivity index (χ0v) is 11.0. The molecule has 0 aliphatic carbocycles. The van der Waals surface area contributed by atoms with Gasteiger partial charge in [-0.15, -0.1) is 0 Å². The highest BCUT2D eigenvalue weighted by Gasteiger charge is 2.40. The minimum absolute atomic E-state index is 0.338. The van der Waals surface area contributed by atoms with Gasteiger partial charge in [-0.3, -0.25) is 9.80 Å². The van der Waals surface area contributed by atoms with Gasteiger partial charge in [0.2, 0.25) is 0 Å². The van der Waals surface area contributed by atoms with Crippen molar-refractivity contribution in [1.82, 2.24) is 9.80 Å². The smallest absolute Gasteiger partial charge is 0.0238 e. The molecule has 2 fully saturated rings. The molecule has 0 saturated carbocycles. The molecule has 2 rings (SSSR count). The zero-order valence-electron chi connectivity index (χ0n) is 11.0. The summed E-state index contributed by atoms with van der Waals surface area (Å²) in [5.74, 6) is 0.934. The summed E-state index contributed by atoms with van der Waals surface area (Å²) in [6, 6.07) is 1.58. The van der Waals surface area contributed by atoms with Crippen LogP contribution in [-0.2, 0) is 0 Å². The van der Waals surface area contributed by atoms with Crippen LogP contribution in [0.2, 0.25) is 0 Å². The van der Waals surface area contributed by atoms with Crippen LogP contribution in [0.15, 0.2) is 0 Å². The molecule has 0 radical (unpaired) electrons. The molecule has 2 heteroatoms. The lowest BCUT2D eigenvalue weighted by molar-refractivity contribution is 0.0569. The summed E-state index contributed by atoms with van der Waals surface area (Å²) in [5, 5.41) is 0. The highest BCUT2D eigenvalue weighted by Crippen LogP contribution is 2.31. The second kappa shape index (κ2) is 3.74. The molecule has 0 spiro atoms. The van der Waals surface area contributed by atoms with Crippen LogP contribution in [0, 0.1) is 5.92 Å². The van der Waals surface area contributed by atoms with Gasteiger partial charge in [-0.2, -0.15) is 0 Å². The average molecular weight is 210 g/mol. The molecule has 0 amide bonds. The lowest BCUT2D eigenvalue weighted by atomic mass is 9.99. The van der Waals surface area contributed by atoms with E-state index in [-0.39, 0.29) is 0 Å². The van der Waals surface area contributed by atoms with Crippen molar-refractivity contribution >= 4 is 0 Å². The predicted octanol–water partition coefficient (Wildman–Crippen LogP) is 2.20. The predicted molar refractivity (Wildman–Crippen MR) is 65.1 cm³/mol. The van der Waals surface area contributed by atoms with Crippen LogP contribution < -0.4 is 0 Å². The first-order chi connectivity index (χ1) is 6.88. The Balaban J connectivity index is 1.92. The van der Waals surface area contributed by atoms with Crippen molar-refractivity contribution in [2.24, 2.45) is 5.92 Å². The molecule has 2 saturated heterocycles. The van der Waals surface area contributed by atoms with Gasteiger partial charge in [0.25, 0.3) is 0 Å². The van der Waals surface area contributed by atoms with Crippen molar-refractivity contribution < 1.29 is 0 Å². The molecule has 2 aliphatic rings. The third-order valence-corrected chi connectivity index (χ3v) is 4.02. The van der Waals surface area contributed by atoms with Gasteiger partial charge in [0.1, 0.15) is 0 Å². The zero-order chi connectivity index (χ0) is 11.2. The maximum Gasteiger partial charge on any atom is 0.0238 e. The fraction of sp³-hybridized carbons (Fsp3) is 1.00. The van der Waals surface area contributed by atoms with E-state index in [1.807, 2.05) is 0 Å². The molecule has 15 heavy (non-hydrogen) atoms. The molecular formula is C13H26N2. The third-order valence-electron chi connectivity index (χ3n) is 4.02. The van der Waals surface area contributed by atoms with E-state index in [2.05, 4.69) is 44.4 Å². The van der Waals surface area contributed by atoms with Gasteiger partial charge in [-0.05, 0) is 40.0 Å². The quantitative estimate of drug-likeness (QED) is 0.654. The van der Waals surface area contributed by atoms with E-state index in [0.717, 1.165) is 18.0 Å². The van der Waals surface area contributed by atoms with Gasteiger partial charge in [0.15, 0.2) is 0 Å². The van der Waals surface area contributed by atoms with Gasteiger partial charge in [-0.1, -0.05) is 6.92 Å². The van der Waals surface area contributed by atoms with Crippen LogP contribution in [-0.4, -0.2) is 47.1 Å². The van der Waals surface area contributed by atoms with Crippen molar-refractivity contribution in [2.75, 3.05) is 19.6 Å². The Labute approximate surface area is 94.6 Å². The minimum Gasteiger partial charge on any atom is -0.298 e. The van der Waals surface area contributed by atoms with E-state index in [4.69, 9.17) is 0 Å². The maximum atomic E-state index is 2.67. The Kier molecular flexibility index (Phi) is 2.85.